The van der Waals surface area contributed by atoms with Crippen molar-refractivity contribution in [1.29, 1.82) is 0 Å². The first-order chi connectivity index (χ1) is 14.7. The number of nitrogens with zero attached hydrogens (tertiary/aromatic N) is 2. The number of rotatable bonds is 7. The Labute approximate surface area is 179 Å². The molecule has 2 aliphatic heterocycles. The minimum absolute atomic E-state index is 0.0549. The van der Waals surface area contributed by atoms with E-state index in [1.165, 1.54) is 17.9 Å². The van der Waals surface area contributed by atoms with Gasteiger partial charge in [0.25, 0.3) is 5.91 Å². The molecular formula is C21H26FN3O6. The summed E-state index contributed by atoms with van der Waals surface area (Å²) >= 11 is 0. The van der Waals surface area contributed by atoms with Crippen molar-refractivity contribution >= 4 is 29.6 Å². The molecule has 10 heteroatoms. The van der Waals surface area contributed by atoms with E-state index in [2.05, 4.69) is 0 Å². The van der Waals surface area contributed by atoms with E-state index in [1.54, 1.807) is 17.0 Å². The van der Waals surface area contributed by atoms with Gasteiger partial charge in [-0.05, 0) is 42.9 Å². The van der Waals surface area contributed by atoms with E-state index >= 15 is 0 Å². The lowest BCUT2D eigenvalue weighted by molar-refractivity contribution is -0.150. The van der Waals surface area contributed by atoms with Gasteiger partial charge in [0.2, 0.25) is 5.91 Å². The Morgan fingerprint density at radius 3 is 2.58 bits per heavy atom. The molecule has 0 bridgehead atoms. The molecule has 2 heterocycles. The van der Waals surface area contributed by atoms with Crippen LogP contribution < -0.4 is 10.6 Å². The van der Waals surface area contributed by atoms with Gasteiger partial charge in [0.1, 0.15) is 11.9 Å². The monoisotopic (exact) mass is 435 g/mol. The second kappa shape index (κ2) is 9.76. The van der Waals surface area contributed by atoms with Gasteiger partial charge in [0, 0.05) is 26.4 Å². The Morgan fingerprint density at radius 1 is 1.26 bits per heavy atom. The number of amides is 3. The molecule has 0 aliphatic carbocycles. The maximum atomic E-state index is 14.9. The predicted molar refractivity (Wildman–Crippen MR) is 108 cm³/mol. The number of hydrogen-bond acceptors (Lipinski definition) is 6. The highest BCUT2D eigenvalue weighted by Gasteiger charge is 2.33. The zero-order valence-corrected chi connectivity index (χ0v) is 17.3. The molecule has 0 spiro atoms. The molecule has 2 aliphatic rings. The topological polar surface area (TPSA) is 119 Å². The van der Waals surface area contributed by atoms with E-state index in [9.17, 15) is 23.6 Å². The summed E-state index contributed by atoms with van der Waals surface area (Å²) in [5, 5.41) is 0. The first kappa shape index (κ1) is 22.5. The van der Waals surface area contributed by atoms with Crippen LogP contribution in [0, 0.1) is 5.82 Å². The molecule has 1 aromatic carbocycles. The Kier molecular flexibility index (Phi) is 7.09. The molecule has 0 saturated carbocycles. The van der Waals surface area contributed by atoms with Crippen LogP contribution in [0.5, 0.6) is 0 Å². The number of carbonyl (C=O) groups is 4. The molecule has 2 saturated heterocycles. The van der Waals surface area contributed by atoms with Crippen molar-refractivity contribution in [3.05, 3.63) is 29.6 Å². The van der Waals surface area contributed by atoms with Gasteiger partial charge in [0.05, 0.1) is 12.2 Å². The summed E-state index contributed by atoms with van der Waals surface area (Å²) < 4.78 is 24.8. The third-order valence-electron chi connectivity index (χ3n) is 5.57. The van der Waals surface area contributed by atoms with Crippen molar-refractivity contribution in [3.8, 4) is 0 Å². The number of piperidine rings is 1. The quantitative estimate of drug-likeness (QED) is 0.651. The zero-order chi connectivity index (χ0) is 22.5. The molecule has 1 atom stereocenters. The summed E-state index contributed by atoms with van der Waals surface area (Å²) in [7, 11) is 0. The smallest absolute Gasteiger partial charge is 0.414 e. The number of cyclic esters (lactones) is 1. The number of hydrogen-bond donors (Lipinski definition) is 1. The van der Waals surface area contributed by atoms with E-state index < -0.39 is 29.9 Å². The van der Waals surface area contributed by atoms with Crippen LogP contribution in [0.25, 0.3) is 0 Å². The standard InChI is InChI=1S/C21H26FN3O6/c1-13(26)30-12-20(28)24-8-6-14(7-9-24)17-4-2-15(10-18(17)22)25-11-16(31-21(25)29)3-5-19(23)27/h2,4,10,14,16H,3,5-9,11-12H2,1H3,(H2,23,27)/t16-/m0/s1. The molecule has 0 radical (unpaired) electrons. The van der Waals surface area contributed by atoms with Gasteiger partial charge in [-0.25, -0.2) is 9.18 Å². The van der Waals surface area contributed by atoms with Gasteiger partial charge in [-0.1, -0.05) is 6.07 Å². The highest BCUT2D eigenvalue weighted by molar-refractivity contribution is 5.89. The van der Waals surface area contributed by atoms with E-state index in [-0.39, 0.29) is 31.4 Å². The molecule has 168 valence electrons. The SMILES string of the molecule is CC(=O)OCC(=O)N1CCC(c2ccc(N3C[C@H](CCC(N)=O)OC3=O)cc2F)CC1. The molecule has 9 nitrogen and oxygen atoms in total. The first-order valence-corrected chi connectivity index (χ1v) is 10.2. The van der Waals surface area contributed by atoms with Crippen LogP contribution in [0.3, 0.4) is 0 Å². The van der Waals surface area contributed by atoms with Gasteiger partial charge >= 0.3 is 12.1 Å². The lowest BCUT2D eigenvalue weighted by Crippen LogP contribution is -2.40. The van der Waals surface area contributed by atoms with Crippen LogP contribution in [-0.2, 0) is 23.9 Å². The maximum absolute atomic E-state index is 14.9. The predicted octanol–water partition coefficient (Wildman–Crippen LogP) is 1.69. The summed E-state index contributed by atoms with van der Waals surface area (Å²) in [6, 6.07) is 4.65. The minimum atomic E-state index is -0.582. The van der Waals surface area contributed by atoms with Crippen LogP contribution in [0.15, 0.2) is 18.2 Å². The van der Waals surface area contributed by atoms with Gasteiger partial charge in [-0.3, -0.25) is 19.3 Å². The summed E-state index contributed by atoms with van der Waals surface area (Å²) in [5.41, 5.74) is 6.05. The lowest BCUT2D eigenvalue weighted by Gasteiger charge is -2.32. The van der Waals surface area contributed by atoms with Gasteiger partial charge in [-0.15, -0.1) is 0 Å². The fraction of sp³-hybridized carbons (Fsp3) is 0.524. The molecule has 0 aromatic heterocycles. The van der Waals surface area contributed by atoms with Crippen molar-refractivity contribution in [2.24, 2.45) is 5.73 Å². The summed E-state index contributed by atoms with van der Waals surface area (Å²) in [5.74, 6) is -1.71. The largest absolute Gasteiger partial charge is 0.456 e. The third-order valence-corrected chi connectivity index (χ3v) is 5.57. The Morgan fingerprint density at radius 2 is 1.97 bits per heavy atom. The van der Waals surface area contributed by atoms with E-state index in [1.807, 2.05) is 0 Å². The Balaban J connectivity index is 1.58. The number of likely N-dealkylation sites (tertiary alicyclic amines) is 1. The average Bonchev–Trinajstić information content (AvgIpc) is 3.11. The Hall–Kier alpha value is -3.17. The van der Waals surface area contributed by atoms with Crippen molar-refractivity contribution < 1.29 is 33.0 Å². The van der Waals surface area contributed by atoms with Crippen LogP contribution in [0.1, 0.15) is 44.1 Å². The van der Waals surface area contributed by atoms with Gasteiger partial charge < -0.3 is 20.1 Å². The van der Waals surface area contributed by atoms with Crippen molar-refractivity contribution in [3.63, 3.8) is 0 Å². The lowest BCUT2D eigenvalue weighted by atomic mass is 9.89. The molecule has 2 N–H and O–H groups in total. The average molecular weight is 435 g/mol. The number of primary amides is 1. The molecule has 31 heavy (non-hydrogen) atoms. The highest BCUT2D eigenvalue weighted by atomic mass is 19.1. The molecule has 3 amide bonds. The van der Waals surface area contributed by atoms with Gasteiger partial charge in [-0.2, -0.15) is 0 Å². The number of nitrogens with two attached hydrogens (primary N) is 1. The molecular weight excluding hydrogens is 409 g/mol. The number of esters is 1. The molecule has 1 aromatic rings. The summed E-state index contributed by atoms with van der Waals surface area (Å²) in [6.07, 6.45) is 0.568. The second-order valence-corrected chi connectivity index (χ2v) is 7.76. The van der Waals surface area contributed by atoms with Gasteiger partial charge in [0.15, 0.2) is 6.61 Å². The minimum Gasteiger partial charge on any atom is -0.456 e. The summed E-state index contributed by atoms with van der Waals surface area (Å²) in [4.78, 5) is 48.9. The fourth-order valence-corrected chi connectivity index (χ4v) is 3.90. The van der Waals surface area contributed by atoms with E-state index in [0.29, 0.717) is 43.6 Å². The maximum Gasteiger partial charge on any atom is 0.414 e. The first-order valence-electron chi connectivity index (χ1n) is 10.2. The van der Waals surface area contributed by atoms with Crippen LogP contribution in [0.4, 0.5) is 14.9 Å². The molecule has 0 unspecified atom stereocenters. The number of benzene rings is 1. The van der Waals surface area contributed by atoms with Crippen molar-refractivity contribution in [1.82, 2.24) is 4.90 Å². The second-order valence-electron chi connectivity index (χ2n) is 7.76. The highest BCUT2D eigenvalue weighted by Crippen LogP contribution is 2.33. The zero-order valence-electron chi connectivity index (χ0n) is 17.3. The third kappa shape index (κ3) is 5.71. The summed E-state index contributed by atoms with van der Waals surface area (Å²) in [6.45, 7) is 2.09. The van der Waals surface area contributed by atoms with Crippen LogP contribution >= 0.6 is 0 Å². The van der Waals surface area contributed by atoms with E-state index in [0.717, 1.165) is 0 Å². The molecule has 2 fully saturated rings. The van der Waals surface area contributed by atoms with Crippen molar-refractivity contribution in [2.75, 3.05) is 31.1 Å². The van der Waals surface area contributed by atoms with E-state index in [4.69, 9.17) is 15.2 Å². The number of ether oxygens (including phenoxy) is 2. The van der Waals surface area contributed by atoms with Crippen LogP contribution in [0.2, 0.25) is 0 Å². The normalized spacial score (nSPS) is 19.3. The fourth-order valence-electron chi connectivity index (χ4n) is 3.90. The number of anilines is 1. The van der Waals surface area contributed by atoms with Crippen LogP contribution in [-0.4, -0.2) is 61.1 Å². The molecule has 3 rings (SSSR count). The number of carbonyl (C=O) groups excluding carboxylic acids is 4. The Bertz CT molecular complexity index is 869. The number of halogens is 1. The van der Waals surface area contributed by atoms with Crippen molar-refractivity contribution in [2.45, 2.75) is 44.6 Å².